The van der Waals surface area contributed by atoms with Gasteiger partial charge in [0.15, 0.2) is 11.5 Å². The lowest BCUT2D eigenvalue weighted by atomic mass is 9.98. The van der Waals surface area contributed by atoms with Gasteiger partial charge < -0.3 is 15.1 Å². The smallest absolute Gasteiger partial charge is 0.451 e. The lowest BCUT2D eigenvalue weighted by Crippen LogP contribution is -2.36. The number of aromatic hydroxyl groups is 2. The predicted molar refractivity (Wildman–Crippen MR) is 104 cm³/mol. The van der Waals surface area contributed by atoms with E-state index in [2.05, 4.69) is 9.97 Å². The molecule has 3 rings (SSSR count). The third kappa shape index (κ3) is 4.57. The van der Waals surface area contributed by atoms with Gasteiger partial charge in [0.2, 0.25) is 11.7 Å². The first-order chi connectivity index (χ1) is 14.0. The van der Waals surface area contributed by atoms with Gasteiger partial charge in [-0.2, -0.15) is 13.2 Å². The number of amides is 1. The van der Waals surface area contributed by atoms with E-state index in [0.29, 0.717) is 30.5 Å². The molecule has 162 valence electrons. The molecule has 0 radical (unpaired) electrons. The van der Waals surface area contributed by atoms with Crippen LogP contribution >= 0.6 is 23.2 Å². The number of benzene rings is 1. The van der Waals surface area contributed by atoms with Crippen LogP contribution in [0.2, 0.25) is 10.0 Å². The summed E-state index contributed by atoms with van der Waals surface area (Å²) in [6.07, 6.45) is -3.66. The summed E-state index contributed by atoms with van der Waals surface area (Å²) < 4.78 is 38.5. The lowest BCUT2D eigenvalue weighted by Gasteiger charge is -2.30. The van der Waals surface area contributed by atoms with E-state index in [1.54, 1.807) is 0 Å². The maximum atomic E-state index is 12.8. The third-order valence-electron chi connectivity index (χ3n) is 4.85. The van der Waals surface area contributed by atoms with Crippen LogP contribution in [0, 0.1) is 6.92 Å². The summed E-state index contributed by atoms with van der Waals surface area (Å²) in [5.41, 5.74) is 1.48. The van der Waals surface area contributed by atoms with E-state index in [0.717, 1.165) is 0 Å². The lowest BCUT2D eigenvalue weighted by molar-refractivity contribution is -0.145. The molecule has 0 atom stereocenters. The molecule has 0 bridgehead atoms. The van der Waals surface area contributed by atoms with Crippen LogP contribution in [-0.4, -0.2) is 37.5 Å². The van der Waals surface area contributed by atoms with Gasteiger partial charge in [0.05, 0.1) is 10.0 Å². The van der Waals surface area contributed by atoms with Crippen LogP contribution in [0.4, 0.5) is 13.2 Å². The average molecular weight is 464 g/mol. The minimum atomic E-state index is -4.63. The van der Waals surface area contributed by atoms with Crippen LogP contribution in [0.1, 0.15) is 41.2 Å². The number of carbonyl (C=O) groups is 1. The fraction of sp³-hybridized carbons (Fsp3) is 0.421. The average Bonchev–Trinajstić information content (AvgIpc) is 2.69. The minimum absolute atomic E-state index is 0.0126. The number of aromatic nitrogens is 2. The van der Waals surface area contributed by atoms with Crippen molar-refractivity contribution < 1.29 is 28.2 Å². The largest absolute Gasteiger partial charge is 0.503 e. The van der Waals surface area contributed by atoms with Gasteiger partial charge in [-0.3, -0.25) is 4.79 Å². The van der Waals surface area contributed by atoms with E-state index in [9.17, 15) is 28.2 Å². The summed E-state index contributed by atoms with van der Waals surface area (Å²) in [6.45, 7) is 1.92. The van der Waals surface area contributed by atoms with Gasteiger partial charge in [-0.25, -0.2) is 9.97 Å². The molecule has 0 aliphatic carbocycles. The molecule has 0 spiro atoms. The summed E-state index contributed by atoms with van der Waals surface area (Å²) >= 11 is 12.2. The van der Waals surface area contributed by atoms with E-state index in [-0.39, 0.29) is 46.7 Å². The maximum absolute atomic E-state index is 12.8. The monoisotopic (exact) mass is 463 g/mol. The molecule has 11 heteroatoms. The van der Waals surface area contributed by atoms with Crippen molar-refractivity contribution in [2.45, 2.75) is 45.3 Å². The van der Waals surface area contributed by atoms with Gasteiger partial charge in [-0.1, -0.05) is 23.2 Å². The first-order valence-corrected chi connectivity index (χ1v) is 9.84. The van der Waals surface area contributed by atoms with E-state index < -0.39 is 23.5 Å². The Balaban J connectivity index is 1.64. The number of halogens is 5. The van der Waals surface area contributed by atoms with Crippen LogP contribution < -0.4 is 0 Å². The van der Waals surface area contributed by atoms with Gasteiger partial charge in [-0.05, 0) is 43.4 Å². The number of carbonyl (C=O) groups excluding carboxylic acids is 1. The Morgan fingerprint density at radius 1 is 1.17 bits per heavy atom. The molecule has 0 saturated heterocycles. The van der Waals surface area contributed by atoms with Crippen molar-refractivity contribution in [3.8, 4) is 11.5 Å². The van der Waals surface area contributed by atoms with Gasteiger partial charge in [0.25, 0.3) is 0 Å². The first-order valence-electron chi connectivity index (χ1n) is 9.09. The number of hydrogen-bond donors (Lipinski definition) is 2. The highest BCUT2D eigenvalue weighted by Gasteiger charge is 2.35. The molecule has 1 aliphatic heterocycles. The number of nitrogens with zero attached hydrogens (tertiary/aromatic N) is 3. The van der Waals surface area contributed by atoms with Gasteiger partial charge in [-0.15, -0.1) is 0 Å². The number of fused-ring (bicyclic) bond motifs is 1. The highest BCUT2D eigenvalue weighted by atomic mass is 35.5. The van der Waals surface area contributed by atoms with Crippen LogP contribution in [0.25, 0.3) is 0 Å². The summed E-state index contributed by atoms with van der Waals surface area (Å²) in [5.74, 6) is -2.42. The zero-order valence-electron chi connectivity index (χ0n) is 15.9. The number of alkyl halides is 3. The Labute approximate surface area is 180 Å². The Morgan fingerprint density at radius 3 is 2.43 bits per heavy atom. The Morgan fingerprint density at radius 2 is 1.80 bits per heavy atom. The van der Waals surface area contributed by atoms with Gasteiger partial charge in [0, 0.05) is 30.9 Å². The highest BCUT2D eigenvalue weighted by molar-refractivity contribution is 6.36. The second-order valence-corrected chi connectivity index (χ2v) is 7.78. The van der Waals surface area contributed by atoms with E-state index in [1.807, 2.05) is 0 Å². The van der Waals surface area contributed by atoms with Crippen LogP contribution in [0.15, 0.2) is 6.07 Å². The fourth-order valence-corrected chi connectivity index (χ4v) is 3.94. The van der Waals surface area contributed by atoms with Crippen molar-refractivity contribution in [2.75, 3.05) is 6.54 Å². The Hall–Kier alpha value is -2.26. The number of phenolic OH excluding ortho intramolecular Hbond substituents is 2. The van der Waals surface area contributed by atoms with Crippen molar-refractivity contribution in [3.05, 3.63) is 44.5 Å². The molecule has 0 saturated carbocycles. The Bertz CT molecular complexity index is 999. The number of aryl methyl sites for hydroxylation is 2. The normalized spacial score (nSPS) is 14.0. The molecule has 1 amide bonds. The van der Waals surface area contributed by atoms with Crippen molar-refractivity contribution in [1.82, 2.24) is 14.9 Å². The SMILES string of the molecule is Cc1cc(CCCC(=O)N2CCc3c(Cl)c(O)c(O)c(Cl)c3C2)nc(C(F)(F)F)n1. The maximum Gasteiger partial charge on any atom is 0.451 e. The molecule has 2 aromatic rings. The molecular weight excluding hydrogens is 446 g/mol. The molecular formula is C19H18Cl2F3N3O3. The van der Waals surface area contributed by atoms with Crippen LogP contribution in [0.3, 0.4) is 0 Å². The van der Waals surface area contributed by atoms with E-state index >= 15 is 0 Å². The zero-order chi connectivity index (χ0) is 22.2. The van der Waals surface area contributed by atoms with Crippen molar-refractivity contribution in [1.29, 1.82) is 0 Å². The van der Waals surface area contributed by atoms with Crippen molar-refractivity contribution >= 4 is 29.1 Å². The zero-order valence-corrected chi connectivity index (χ0v) is 17.4. The minimum Gasteiger partial charge on any atom is -0.503 e. The van der Waals surface area contributed by atoms with E-state index in [1.165, 1.54) is 17.9 Å². The number of rotatable bonds is 4. The van der Waals surface area contributed by atoms with E-state index in [4.69, 9.17) is 23.2 Å². The quantitative estimate of drug-likeness (QED) is 0.654. The highest BCUT2D eigenvalue weighted by Crippen LogP contribution is 2.46. The molecule has 0 unspecified atom stereocenters. The van der Waals surface area contributed by atoms with Crippen LogP contribution in [-0.2, 0) is 30.4 Å². The summed E-state index contributed by atoms with van der Waals surface area (Å²) in [6, 6.07) is 1.47. The summed E-state index contributed by atoms with van der Waals surface area (Å²) in [4.78, 5) is 21.0. The molecule has 30 heavy (non-hydrogen) atoms. The second kappa shape index (κ2) is 8.47. The predicted octanol–water partition coefficient (Wildman–Crippen LogP) is 4.43. The topological polar surface area (TPSA) is 86.6 Å². The molecule has 1 aromatic heterocycles. The number of hydrogen-bond acceptors (Lipinski definition) is 5. The second-order valence-electron chi connectivity index (χ2n) is 7.02. The fourth-order valence-electron chi connectivity index (χ4n) is 3.38. The molecule has 2 N–H and O–H groups in total. The standard InChI is InChI=1S/C19H18Cl2F3N3O3/c1-9-7-10(26-18(25-9)19(22,23)24)3-2-4-13(28)27-6-5-11-12(8-27)15(21)17(30)16(29)14(11)20/h7,29-30H,2-6,8H2,1H3. The van der Waals surface area contributed by atoms with Gasteiger partial charge in [0.1, 0.15) is 0 Å². The van der Waals surface area contributed by atoms with Crippen molar-refractivity contribution in [3.63, 3.8) is 0 Å². The molecule has 1 aliphatic rings. The molecule has 2 heterocycles. The molecule has 1 aromatic carbocycles. The molecule has 6 nitrogen and oxygen atoms in total. The van der Waals surface area contributed by atoms with Crippen molar-refractivity contribution in [2.24, 2.45) is 0 Å². The Kier molecular flexibility index (Phi) is 6.33. The summed E-state index contributed by atoms with van der Waals surface area (Å²) in [5, 5.41) is 19.6. The first kappa shape index (κ1) is 22.4. The van der Waals surface area contributed by atoms with Crippen LogP contribution in [0.5, 0.6) is 11.5 Å². The third-order valence-corrected chi connectivity index (χ3v) is 5.67. The summed E-state index contributed by atoms with van der Waals surface area (Å²) in [7, 11) is 0. The molecule has 0 fully saturated rings. The van der Waals surface area contributed by atoms with Gasteiger partial charge >= 0.3 is 6.18 Å². The number of phenols is 2.